The predicted molar refractivity (Wildman–Crippen MR) is 90.0 cm³/mol. The van der Waals surface area contributed by atoms with Crippen molar-refractivity contribution in [1.29, 1.82) is 0 Å². The number of piperidine rings is 1. The number of hydrogen-bond acceptors (Lipinski definition) is 2. The highest BCUT2D eigenvalue weighted by atomic mass is 16.2. The van der Waals surface area contributed by atoms with Crippen LogP contribution in [0.4, 0.5) is 0 Å². The Morgan fingerprint density at radius 2 is 1.83 bits per heavy atom. The minimum Gasteiger partial charge on any atom is -0.341 e. The lowest BCUT2D eigenvalue weighted by molar-refractivity contribution is -0.137. The van der Waals surface area contributed by atoms with Crippen LogP contribution in [0.1, 0.15) is 55.5 Å². The average Bonchev–Trinajstić information content (AvgIpc) is 2.90. The van der Waals surface area contributed by atoms with Gasteiger partial charge in [0.05, 0.1) is 0 Å². The second-order valence-electron chi connectivity index (χ2n) is 7.12. The molecular formula is C19H26N2O2. The number of amides is 2. The van der Waals surface area contributed by atoms with Crippen LogP contribution in [0.2, 0.25) is 0 Å². The highest BCUT2D eigenvalue weighted by Crippen LogP contribution is 2.28. The largest absolute Gasteiger partial charge is 0.341 e. The number of nitrogens with zero attached hydrogens (tertiary/aromatic N) is 2. The Labute approximate surface area is 138 Å². The fraction of sp³-hybridized carbons (Fsp3) is 0.579. The fourth-order valence-corrected chi connectivity index (χ4v) is 3.66. The summed E-state index contributed by atoms with van der Waals surface area (Å²) >= 11 is 0. The SMILES string of the molecule is CC(C)CC(C(=O)N1CCCCC1)N1Cc2ccccc2C1=O. The summed E-state index contributed by atoms with van der Waals surface area (Å²) in [5.74, 6) is 0.529. The zero-order chi connectivity index (χ0) is 16.4. The van der Waals surface area contributed by atoms with Crippen molar-refractivity contribution in [1.82, 2.24) is 9.80 Å². The summed E-state index contributed by atoms with van der Waals surface area (Å²) in [4.78, 5) is 29.6. The molecule has 1 atom stereocenters. The van der Waals surface area contributed by atoms with Gasteiger partial charge in [-0.15, -0.1) is 0 Å². The van der Waals surface area contributed by atoms with Gasteiger partial charge < -0.3 is 9.80 Å². The van der Waals surface area contributed by atoms with E-state index in [1.54, 1.807) is 4.90 Å². The third kappa shape index (κ3) is 3.26. The van der Waals surface area contributed by atoms with Crippen LogP contribution in [0.15, 0.2) is 24.3 Å². The van der Waals surface area contributed by atoms with E-state index >= 15 is 0 Å². The second kappa shape index (κ2) is 6.73. The van der Waals surface area contributed by atoms with E-state index in [-0.39, 0.29) is 17.9 Å². The molecule has 0 N–H and O–H groups in total. The molecule has 1 aromatic rings. The standard InChI is InChI=1S/C19H26N2O2/c1-14(2)12-17(19(23)20-10-6-3-7-11-20)21-13-15-8-4-5-9-16(15)18(21)22/h4-5,8-9,14,17H,3,6-7,10-13H2,1-2H3. The quantitative estimate of drug-likeness (QED) is 0.857. The van der Waals surface area contributed by atoms with Gasteiger partial charge in [0.2, 0.25) is 5.91 Å². The summed E-state index contributed by atoms with van der Waals surface area (Å²) in [7, 11) is 0. The van der Waals surface area contributed by atoms with Gasteiger partial charge in [0.25, 0.3) is 5.91 Å². The lowest BCUT2D eigenvalue weighted by Crippen LogP contribution is -2.50. The highest BCUT2D eigenvalue weighted by molar-refractivity contribution is 6.01. The third-order valence-corrected chi connectivity index (χ3v) is 4.87. The molecule has 0 spiro atoms. The predicted octanol–water partition coefficient (Wildman–Crippen LogP) is 3.07. The topological polar surface area (TPSA) is 40.6 Å². The maximum atomic E-state index is 13.0. The molecule has 3 rings (SSSR count). The van der Waals surface area contributed by atoms with Crippen LogP contribution in [0.3, 0.4) is 0 Å². The molecule has 1 fully saturated rings. The van der Waals surface area contributed by atoms with Crippen LogP contribution in [-0.2, 0) is 11.3 Å². The minimum atomic E-state index is -0.326. The summed E-state index contributed by atoms with van der Waals surface area (Å²) in [6.45, 7) is 6.46. The normalized spacial score (nSPS) is 19.2. The van der Waals surface area contributed by atoms with Crippen molar-refractivity contribution in [2.75, 3.05) is 13.1 Å². The summed E-state index contributed by atoms with van der Waals surface area (Å²) < 4.78 is 0. The molecule has 0 saturated carbocycles. The molecule has 0 aliphatic carbocycles. The second-order valence-corrected chi connectivity index (χ2v) is 7.12. The highest BCUT2D eigenvalue weighted by Gasteiger charge is 2.38. The maximum absolute atomic E-state index is 13.0. The molecule has 0 aromatic heterocycles. The van der Waals surface area contributed by atoms with Crippen LogP contribution < -0.4 is 0 Å². The Bertz CT molecular complexity index is 591. The van der Waals surface area contributed by atoms with Crippen molar-refractivity contribution >= 4 is 11.8 Å². The van der Waals surface area contributed by atoms with Crippen molar-refractivity contribution in [3.05, 3.63) is 35.4 Å². The molecular weight excluding hydrogens is 288 g/mol. The van der Waals surface area contributed by atoms with E-state index in [1.807, 2.05) is 29.2 Å². The molecule has 2 amide bonds. The van der Waals surface area contributed by atoms with Gasteiger partial charge in [0, 0.05) is 25.2 Å². The summed E-state index contributed by atoms with van der Waals surface area (Å²) in [6.07, 6.45) is 4.09. The van der Waals surface area contributed by atoms with Crippen molar-refractivity contribution in [3.63, 3.8) is 0 Å². The lowest BCUT2D eigenvalue weighted by Gasteiger charge is -2.35. The molecule has 4 heteroatoms. The van der Waals surface area contributed by atoms with E-state index in [4.69, 9.17) is 0 Å². The van der Waals surface area contributed by atoms with Gasteiger partial charge in [-0.25, -0.2) is 0 Å². The Kier molecular flexibility index (Phi) is 4.69. The zero-order valence-electron chi connectivity index (χ0n) is 14.1. The number of carbonyl (C=O) groups excluding carboxylic acids is 2. The van der Waals surface area contributed by atoms with Crippen molar-refractivity contribution < 1.29 is 9.59 Å². The van der Waals surface area contributed by atoms with E-state index in [1.165, 1.54) is 6.42 Å². The van der Waals surface area contributed by atoms with E-state index in [9.17, 15) is 9.59 Å². The smallest absolute Gasteiger partial charge is 0.255 e. The molecule has 4 nitrogen and oxygen atoms in total. The van der Waals surface area contributed by atoms with Crippen LogP contribution in [0.25, 0.3) is 0 Å². The number of carbonyl (C=O) groups is 2. The molecule has 2 aliphatic heterocycles. The van der Waals surface area contributed by atoms with Gasteiger partial charge in [-0.05, 0) is 43.2 Å². The van der Waals surface area contributed by atoms with Crippen molar-refractivity contribution in [2.45, 2.75) is 52.1 Å². The first kappa shape index (κ1) is 16.0. The van der Waals surface area contributed by atoms with E-state index in [0.29, 0.717) is 12.5 Å². The molecule has 0 radical (unpaired) electrons. The van der Waals surface area contributed by atoms with Crippen LogP contribution in [0.5, 0.6) is 0 Å². The van der Waals surface area contributed by atoms with E-state index < -0.39 is 0 Å². The average molecular weight is 314 g/mol. The fourth-order valence-electron chi connectivity index (χ4n) is 3.66. The van der Waals surface area contributed by atoms with Gasteiger partial charge in [0.1, 0.15) is 6.04 Å². The van der Waals surface area contributed by atoms with Crippen molar-refractivity contribution in [3.8, 4) is 0 Å². The molecule has 23 heavy (non-hydrogen) atoms. The summed E-state index contributed by atoms with van der Waals surface area (Å²) in [5.41, 5.74) is 1.80. The number of rotatable bonds is 4. The van der Waals surface area contributed by atoms with Gasteiger partial charge in [-0.1, -0.05) is 32.0 Å². The minimum absolute atomic E-state index is 0.0107. The van der Waals surface area contributed by atoms with Crippen LogP contribution in [0, 0.1) is 5.92 Å². The molecule has 0 bridgehead atoms. The number of benzene rings is 1. The molecule has 2 aliphatic rings. The third-order valence-electron chi connectivity index (χ3n) is 4.87. The number of hydrogen-bond donors (Lipinski definition) is 0. The Morgan fingerprint density at radius 1 is 1.13 bits per heavy atom. The first-order valence-corrected chi connectivity index (χ1v) is 8.75. The Hall–Kier alpha value is -1.84. The summed E-state index contributed by atoms with van der Waals surface area (Å²) in [6, 6.07) is 7.39. The van der Waals surface area contributed by atoms with Gasteiger partial charge >= 0.3 is 0 Å². The number of likely N-dealkylation sites (tertiary alicyclic amines) is 1. The van der Waals surface area contributed by atoms with Crippen molar-refractivity contribution in [2.24, 2.45) is 5.92 Å². The van der Waals surface area contributed by atoms with Gasteiger partial charge in [-0.3, -0.25) is 9.59 Å². The molecule has 1 aromatic carbocycles. The molecule has 1 saturated heterocycles. The van der Waals surface area contributed by atoms with E-state index in [2.05, 4.69) is 13.8 Å². The first-order chi connectivity index (χ1) is 11.1. The Morgan fingerprint density at radius 3 is 2.48 bits per heavy atom. The number of fused-ring (bicyclic) bond motifs is 1. The maximum Gasteiger partial charge on any atom is 0.255 e. The van der Waals surface area contributed by atoms with E-state index in [0.717, 1.165) is 43.5 Å². The van der Waals surface area contributed by atoms with Gasteiger partial charge in [0.15, 0.2) is 0 Å². The first-order valence-electron chi connectivity index (χ1n) is 8.75. The molecule has 2 heterocycles. The monoisotopic (exact) mass is 314 g/mol. The van der Waals surface area contributed by atoms with Crippen LogP contribution >= 0.6 is 0 Å². The summed E-state index contributed by atoms with van der Waals surface area (Å²) in [5, 5.41) is 0. The Balaban J connectivity index is 1.82. The molecule has 124 valence electrons. The lowest BCUT2D eigenvalue weighted by atomic mass is 10.00. The molecule has 1 unspecified atom stereocenters. The van der Waals surface area contributed by atoms with Gasteiger partial charge in [-0.2, -0.15) is 0 Å². The zero-order valence-corrected chi connectivity index (χ0v) is 14.1. The van der Waals surface area contributed by atoms with Crippen LogP contribution in [-0.4, -0.2) is 40.7 Å².